The molecule has 0 spiro atoms. The van der Waals surface area contributed by atoms with Gasteiger partial charge in [-0.1, -0.05) is 20.3 Å². The monoisotopic (exact) mass is 172 g/mol. The lowest BCUT2D eigenvalue weighted by Gasteiger charge is -2.24. The van der Waals surface area contributed by atoms with Gasteiger partial charge in [0.25, 0.3) is 0 Å². The first kappa shape index (κ1) is 11.6. The minimum Gasteiger partial charge on any atom is -0.371 e. The van der Waals surface area contributed by atoms with Crippen LogP contribution in [-0.2, 0) is 9.53 Å². The van der Waals surface area contributed by atoms with E-state index in [0.29, 0.717) is 0 Å². The van der Waals surface area contributed by atoms with Gasteiger partial charge in [0.05, 0.1) is 0 Å². The van der Waals surface area contributed by atoms with Gasteiger partial charge in [-0.2, -0.15) is 0 Å². The van der Waals surface area contributed by atoms with Crippen LogP contribution in [0.25, 0.3) is 0 Å². The Morgan fingerprint density at radius 3 is 2.33 bits per heavy atom. The Hall–Kier alpha value is -0.370. The average Bonchev–Trinajstić information content (AvgIpc) is 2.03. The standard InChI is InChI=1S/C10H20O2/c1-6-7-8(2)9(11)10(3,4)12-5/h8H,6-7H2,1-5H3. The van der Waals surface area contributed by atoms with E-state index in [2.05, 4.69) is 6.92 Å². The molecule has 0 saturated heterocycles. The fourth-order valence-corrected chi connectivity index (χ4v) is 1.26. The lowest BCUT2D eigenvalue weighted by molar-refractivity contribution is -0.141. The van der Waals surface area contributed by atoms with Crippen LogP contribution in [0.3, 0.4) is 0 Å². The van der Waals surface area contributed by atoms with Crippen molar-refractivity contribution < 1.29 is 9.53 Å². The molecule has 0 radical (unpaired) electrons. The Kier molecular flexibility index (Phi) is 4.46. The lowest BCUT2D eigenvalue weighted by Crippen LogP contribution is -2.37. The quantitative estimate of drug-likeness (QED) is 0.636. The van der Waals surface area contributed by atoms with Crippen LogP contribution in [0.4, 0.5) is 0 Å². The van der Waals surface area contributed by atoms with E-state index >= 15 is 0 Å². The van der Waals surface area contributed by atoms with Gasteiger partial charge < -0.3 is 4.74 Å². The van der Waals surface area contributed by atoms with Crippen LogP contribution in [0.5, 0.6) is 0 Å². The Labute approximate surface area is 75.3 Å². The van der Waals surface area contributed by atoms with E-state index in [1.165, 1.54) is 0 Å². The van der Waals surface area contributed by atoms with Gasteiger partial charge in [0.1, 0.15) is 5.60 Å². The van der Waals surface area contributed by atoms with Gasteiger partial charge >= 0.3 is 0 Å². The predicted octanol–water partition coefficient (Wildman–Crippen LogP) is 2.42. The highest BCUT2D eigenvalue weighted by Crippen LogP contribution is 2.18. The SMILES string of the molecule is CCCC(C)C(=O)C(C)(C)OC. The van der Waals surface area contributed by atoms with E-state index in [4.69, 9.17) is 4.74 Å². The van der Waals surface area contributed by atoms with E-state index < -0.39 is 5.60 Å². The number of hydrogen-bond donors (Lipinski definition) is 0. The lowest BCUT2D eigenvalue weighted by atomic mass is 9.90. The summed E-state index contributed by atoms with van der Waals surface area (Å²) in [6, 6.07) is 0. The van der Waals surface area contributed by atoms with Gasteiger partial charge in [-0.05, 0) is 20.3 Å². The maximum atomic E-state index is 11.7. The molecule has 0 rings (SSSR count). The molecule has 0 aliphatic carbocycles. The van der Waals surface area contributed by atoms with E-state index in [9.17, 15) is 4.79 Å². The second-order valence-corrected chi connectivity index (χ2v) is 3.77. The molecule has 0 heterocycles. The van der Waals surface area contributed by atoms with Crippen molar-refractivity contribution in [2.45, 2.75) is 46.1 Å². The molecular formula is C10H20O2. The zero-order chi connectivity index (χ0) is 9.78. The Balaban J connectivity index is 4.18. The minimum absolute atomic E-state index is 0.116. The third-order valence-corrected chi connectivity index (χ3v) is 2.27. The number of hydrogen-bond acceptors (Lipinski definition) is 2. The van der Waals surface area contributed by atoms with Crippen LogP contribution in [0.2, 0.25) is 0 Å². The summed E-state index contributed by atoms with van der Waals surface area (Å²) >= 11 is 0. The first-order valence-corrected chi connectivity index (χ1v) is 4.55. The van der Waals surface area contributed by atoms with E-state index in [1.807, 2.05) is 20.8 Å². The molecule has 0 aliphatic heterocycles. The number of carbonyl (C=O) groups is 1. The smallest absolute Gasteiger partial charge is 0.166 e. The van der Waals surface area contributed by atoms with Crippen LogP contribution in [-0.4, -0.2) is 18.5 Å². The number of Topliss-reactive ketones (excluding diaryl/α,β-unsaturated/α-hetero) is 1. The number of ether oxygens (including phenoxy) is 1. The summed E-state index contributed by atoms with van der Waals surface area (Å²) in [5.41, 5.74) is -0.616. The highest BCUT2D eigenvalue weighted by molar-refractivity contribution is 5.88. The van der Waals surface area contributed by atoms with Gasteiger partial charge in [0.15, 0.2) is 5.78 Å². The molecule has 0 fully saturated rings. The third kappa shape index (κ3) is 2.94. The van der Waals surface area contributed by atoms with Crippen molar-refractivity contribution in [2.75, 3.05) is 7.11 Å². The number of methoxy groups -OCH3 is 1. The number of carbonyl (C=O) groups excluding carboxylic acids is 1. The first-order valence-electron chi connectivity index (χ1n) is 4.55. The molecule has 0 bridgehead atoms. The molecule has 0 aromatic heterocycles. The zero-order valence-electron chi connectivity index (χ0n) is 8.81. The summed E-state index contributed by atoms with van der Waals surface area (Å²) in [7, 11) is 1.58. The predicted molar refractivity (Wildman–Crippen MR) is 50.2 cm³/mol. The summed E-state index contributed by atoms with van der Waals surface area (Å²) in [4.78, 5) is 11.7. The topological polar surface area (TPSA) is 26.3 Å². The summed E-state index contributed by atoms with van der Waals surface area (Å²) in [6.07, 6.45) is 2.00. The maximum Gasteiger partial charge on any atom is 0.166 e. The van der Waals surface area contributed by atoms with Crippen LogP contribution in [0, 0.1) is 5.92 Å². The van der Waals surface area contributed by atoms with Crippen molar-refractivity contribution in [3.63, 3.8) is 0 Å². The van der Waals surface area contributed by atoms with Gasteiger partial charge in [-0.3, -0.25) is 4.79 Å². The fraction of sp³-hybridized carbons (Fsp3) is 0.900. The molecule has 2 heteroatoms. The van der Waals surface area contributed by atoms with E-state index in [0.717, 1.165) is 12.8 Å². The van der Waals surface area contributed by atoms with Crippen LogP contribution >= 0.6 is 0 Å². The van der Waals surface area contributed by atoms with Crippen molar-refractivity contribution in [1.29, 1.82) is 0 Å². The molecule has 0 N–H and O–H groups in total. The highest BCUT2D eigenvalue weighted by atomic mass is 16.5. The Morgan fingerprint density at radius 1 is 1.50 bits per heavy atom. The summed E-state index contributed by atoms with van der Waals surface area (Å²) in [5.74, 6) is 0.316. The molecule has 2 nitrogen and oxygen atoms in total. The molecule has 72 valence electrons. The number of ketones is 1. The van der Waals surface area contributed by atoms with Crippen LogP contribution < -0.4 is 0 Å². The second kappa shape index (κ2) is 4.61. The minimum atomic E-state index is -0.616. The Morgan fingerprint density at radius 2 is 2.00 bits per heavy atom. The summed E-state index contributed by atoms with van der Waals surface area (Å²) < 4.78 is 5.12. The fourth-order valence-electron chi connectivity index (χ4n) is 1.26. The molecule has 1 atom stereocenters. The van der Waals surface area contributed by atoms with Crippen LogP contribution in [0.1, 0.15) is 40.5 Å². The van der Waals surface area contributed by atoms with Crippen molar-refractivity contribution in [1.82, 2.24) is 0 Å². The maximum absolute atomic E-state index is 11.7. The van der Waals surface area contributed by atoms with Gasteiger partial charge in [-0.25, -0.2) is 0 Å². The highest BCUT2D eigenvalue weighted by Gasteiger charge is 2.30. The van der Waals surface area contributed by atoms with Crippen LogP contribution in [0.15, 0.2) is 0 Å². The van der Waals surface area contributed by atoms with Gasteiger partial charge in [-0.15, -0.1) is 0 Å². The number of rotatable bonds is 5. The average molecular weight is 172 g/mol. The first-order chi connectivity index (χ1) is 5.45. The Bertz CT molecular complexity index is 150. The molecule has 0 aromatic carbocycles. The zero-order valence-corrected chi connectivity index (χ0v) is 8.81. The van der Waals surface area contributed by atoms with Gasteiger partial charge in [0, 0.05) is 13.0 Å². The van der Waals surface area contributed by atoms with Crippen molar-refractivity contribution in [2.24, 2.45) is 5.92 Å². The summed E-state index contributed by atoms with van der Waals surface area (Å²) in [6.45, 7) is 7.69. The van der Waals surface area contributed by atoms with E-state index in [-0.39, 0.29) is 11.7 Å². The normalized spacial score (nSPS) is 14.4. The van der Waals surface area contributed by atoms with Crippen molar-refractivity contribution in [3.8, 4) is 0 Å². The van der Waals surface area contributed by atoms with Crippen molar-refractivity contribution in [3.05, 3.63) is 0 Å². The largest absolute Gasteiger partial charge is 0.371 e. The third-order valence-electron chi connectivity index (χ3n) is 2.27. The van der Waals surface area contributed by atoms with Crippen molar-refractivity contribution >= 4 is 5.78 Å². The molecule has 12 heavy (non-hydrogen) atoms. The van der Waals surface area contributed by atoms with E-state index in [1.54, 1.807) is 7.11 Å². The molecular weight excluding hydrogens is 152 g/mol. The van der Waals surface area contributed by atoms with Gasteiger partial charge in [0.2, 0.25) is 0 Å². The molecule has 0 saturated carbocycles. The molecule has 1 unspecified atom stereocenters. The molecule has 0 aromatic rings. The summed E-state index contributed by atoms with van der Waals surface area (Å²) in [5, 5.41) is 0. The molecule has 0 amide bonds. The second-order valence-electron chi connectivity index (χ2n) is 3.77. The molecule has 0 aliphatic rings.